The van der Waals surface area contributed by atoms with Gasteiger partial charge in [-0.05, 0) is 67.8 Å². The summed E-state index contributed by atoms with van der Waals surface area (Å²) in [6.07, 6.45) is 20.5. The zero-order chi connectivity index (χ0) is 22.4. The minimum Gasteiger partial charge on any atom is -0.463 e. The van der Waals surface area contributed by atoms with Gasteiger partial charge in [0.1, 0.15) is 0 Å². The van der Waals surface area contributed by atoms with Crippen LogP contribution in [0.3, 0.4) is 0 Å². The average Bonchev–Trinajstić information content (AvgIpc) is 3.06. The minimum atomic E-state index is -0.267. The number of unbranched alkanes of at least 4 members (excludes halogenated alkanes) is 2. The Bertz CT molecular complexity index is 700. The highest BCUT2D eigenvalue weighted by molar-refractivity contribution is 5.83. The van der Waals surface area contributed by atoms with Crippen molar-refractivity contribution in [2.45, 2.75) is 99.8 Å². The van der Waals surface area contributed by atoms with E-state index < -0.39 is 0 Å². The summed E-state index contributed by atoms with van der Waals surface area (Å²) in [4.78, 5) is 11.6. The first-order valence-electron chi connectivity index (χ1n) is 12.0. The molecule has 2 heteroatoms. The van der Waals surface area contributed by atoms with Crippen LogP contribution in [0.4, 0.5) is 0 Å². The maximum atomic E-state index is 11.6. The van der Waals surface area contributed by atoms with Crippen LogP contribution >= 0.6 is 0 Å². The van der Waals surface area contributed by atoms with Gasteiger partial charge in [-0.2, -0.15) is 0 Å². The van der Waals surface area contributed by atoms with Crippen molar-refractivity contribution in [1.82, 2.24) is 0 Å². The van der Waals surface area contributed by atoms with Gasteiger partial charge in [-0.1, -0.05) is 89.3 Å². The highest BCUT2D eigenvalue weighted by atomic mass is 16.5. The molecule has 168 valence electrons. The van der Waals surface area contributed by atoms with Gasteiger partial charge < -0.3 is 4.74 Å². The molecule has 0 aliphatic heterocycles. The highest BCUT2D eigenvalue weighted by Crippen LogP contribution is 2.61. The lowest BCUT2D eigenvalue weighted by Gasteiger charge is -2.41. The van der Waals surface area contributed by atoms with E-state index in [2.05, 4.69) is 52.8 Å². The van der Waals surface area contributed by atoms with E-state index in [0.717, 1.165) is 5.57 Å². The average molecular weight is 413 g/mol. The van der Waals surface area contributed by atoms with Crippen molar-refractivity contribution >= 4 is 5.97 Å². The fourth-order valence-electron chi connectivity index (χ4n) is 5.19. The summed E-state index contributed by atoms with van der Waals surface area (Å²) in [6, 6.07) is 0. The highest BCUT2D eigenvalue weighted by Gasteiger charge is 2.48. The van der Waals surface area contributed by atoms with E-state index in [1.165, 1.54) is 51.4 Å². The summed E-state index contributed by atoms with van der Waals surface area (Å²) < 4.78 is 4.99. The molecular weight excluding hydrogens is 368 g/mol. The van der Waals surface area contributed by atoms with Gasteiger partial charge in [0.15, 0.2) is 0 Å². The molecule has 0 amide bonds. The Kier molecular flexibility index (Phi) is 8.36. The molecule has 0 spiro atoms. The van der Waals surface area contributed by atoms with E-state index in [1.807, 2.05) is 19.9 Å². The smallest absolute Gasteiger partial charge is 0.330 e. The third-order valence-electron chi connectivity index (χ3n) is 7.26. The van der Waals surface area contributed by atoms with Crippen LogP contribution in [0.5, 0.6) is 0 Å². The van der Waals surface area contributed by atoms with E-state index >= 15 is 0 Å². The molecule has 0 unspecified atom stereocenters. The van der Waals surface area contributed by atoms with Gasteiger partial charge in [0.05, 0.1) is 6.61 Å². The summed E-state index contributed by atoms with van der Waals surface area (Å²) >= 11 is 0. The van der Waals surface area contributed by atoms with Crippen LogP contribution in [0.25, 0.3) is 0 Å². The van der Waals surface area contributed by atoms with Crippen molar-refractivity contribution in [2.24, 2.45) is 16.2 Å². The molecule has 0 aromatic heterocycles. The number of allylic oxidation sites excluding steroid dienone is 7. The maximum absolute atomic E-state index is 11.6. The van der Waals surface area contributed by atoms with Gasteiger partial charge in [-0.15, -0.1) is 0 Å². The Morgan fingerprint density at radius 3 is 2.10 bits per heavy atom. The van der Waals surface area contributed by atoms with Crippen molar-refractivity contribution in [1.29, 1.82) is 0 Å². The van der Waals surface area contributed by atoms with Crippen molar-refractivity contribution < 1.29 is 9.53 Å². The fraction of sp³-hybridized carbons (Fsp3) is 0.679. The summed E-state index contributed by atoms with van der Waals surface area (Å²) in [6.45, 7) is 16.3. The van der Waals surface area contributed by atoms with E-state index in [9.17, 15) is 4.79 Å². The summed E-state index contributed by atoms with van der Waals surface area (Å²) in [7, 11) is 0. The lowest BCUT2D eigenvalue weighted by atomic mass is 9.64. The summed E-state index contributed by atoms with van der Waals surface area (Å²) in [5.74, 6) is -0.267. The standard InChI is InChI=1S/C28H44O2/c1-8-10-12-15-28(16-13-11-14-22(3)19-25(29)30-9-2)20-23-24(21-28)27(6,7)18-17-26(23,4)5/h11,13-14,16,19H,8-10,12,15,17-18,20-21H2,1-7H3. The van der Waals surface area contributed by atoms with Crippen LogP contribution in [0.1, 0.15) is 99.8 Å². The van der Waals surface area contributed by atoms with Crippen LogP contribution in [-0.2, 0) is 9.53 Å². The van der Waals surface area contributed by atoms with E-state index in [4.69, 9.17) is 4.74 Å². The largest absolute Gasteiger partial charge is 0.463 e. The van der Waals surface area contributed by atoms with E-state index in [1.54, 1.807) is 17.2 Å². The Morgan fingerprint density at radius 2 is 1.57 bits per heavy atom. The van der Waals surface area contributed by atoms with Gasteiger partial charge in [-0.25, -0.2) is 4.79 Å². The summed E-state index contributed by atoms with van der Waals surface area (Å²) in [5.41, 5.74) is 5.32. The lowest BCUT2D eigenvalue weighted by Crippen LogP contribution is -2.28. The van der Waals surface area contributed by atoms with E-state index in [0.29, 0.717) is 17.4 Å². The van der Waals surface area contributed by atoms with E-state index in [-0.39, 0.29) is 11.4 Å². The molecule has 2 aliphatic carbocycles. The summed E-state index contributed by atoms with van der Waals surface area (Å²) in [5, 5.41) is 0. The molecule has 0 atom stereocenters. The quantitative estimate of drug-likeness (QED) is 0.126. The van der Waals surface area contributed by atoms with Gasteiger partial charge in [-0.3, -0.25) is 0 Å². The second-order valence-electron chi connectivity index (χ2n) is 10.8. The lowest BCUT2D eigenvalue weighted by molar-refractivity contribution is -0.137. The monoisotopic (exact) mass is 412 g/mol. The third-order valence-corrected chi connectivity index (χ3v) is 7.26. The Balaban J connectivity index is 2.20. The number of rotatable bonds is 9. The topological polar surface area (TPSA) is 26.3 Å². The Morgan fingerprint density at radius 1 is 0.967 bits per heavy atom. The second-order valence-corrected chi connectivity index (χ2v) is 10.8. The molecule has 2 rings (SSSR count). The molecule has 0 saturated carbocycles. The zero-order valence-corrected chi connectivity index (χ0v) is 20.6. The molecule has 0 radical (unpaired) electrons. The number of esters is 1. The number of ether oxygens (including phenoxy) is 1. The molecule has 0 heterocycles. The first-order valence-corrected chi connectivity index (χ1v) is 12.0. The van der Waals surface area contributed by atoms with Gasteiger partial charge in [0.2, 0.25) is 0 Å². The normalized spacial score (nSPS) is 22.7. The van der Waals surface area contributed by atoms with Crippen molar-refractivity contribution in [3.63, 3.8) is 0 Å². The number of carbonyl (C=O) groups is 1. The van der Waals surface area contributed by atoms with Crippen LogP contribution in [0, 0.1) is 16.2 Å². The van der Waals surface area contributed by atoms with Crippen molar-refractivity contribution in [3.8, 4) is 0 Å². The van der Waals surface area contributed by atoms with Gasteiger partial charge in [0.25, 0.3) is 0 Å². The van der Waals surface area contributed by atoms with Crippen LogP contribution in [-0.4, -0.2) is 12.6 Å². The molecule has 0 aromatic rings. The molecule has 2 nitrogen and oxygen atoms in total. The van der Waals surface area contributed by atoms with Crippen LogP contribution in [0.15, 0.2) is 47.1 Å². The third kappa shape index (κ3) is 6.22. The minimum absolute atomic E-state index is 0.252. The van der Waals surface area contributed by atoms with Crippen molar-refractivity contribution in [2.75, 3.05) is 6.61 Å². The number of hydrogen-bond donors (Lipinski definition) is 0. The number of hydrogen-bond acceptors (Lipinski definition) is 2. The second kappa shape index (κ2) is 10.2. The van der Waals surface area contributed by atoms with Crippen LogP contribution < -0.4 is 0 Å². The Hall–Kier alpha value is -1.57. The predicted octanol–water partition coefficient (Wildman–Crippen LogP) is 8.11. The first kappa shape index (κ1) is 24.7. The SMILES string of the molecule is CCCCCC1(C=CC=CC(C)=CC(=O)OCC)CC2=C(C1)C(C)(C)CCC2(C)C. The Labute approximate surface area is 185 Å². The van der Waals surface area contributed by atoms with Gasteiger partial charge in [0, 0.05) is 6.08 Å². The van der Waals surface area contributed by atoms with Gasteiger partial charge >= 0.3 is 5.97 Å². The maximum Gasteiger partial charge on any atom is 0.330 e. The first-order chi connectivity index (χ1) is 14.1. The van der Waals surface area contributed by atoms with Crippen LogP contribution in [0.2, 0.25) is 0 Å². The fourth-order valence-corrected chi connectivity index (χ4v) is 5.19. The zero-order valence-electron chi connectivity index (χ0n) is 20.6. The molecular formula is C28H44O2. The molecule has 0 aromatic carbocycles. The predicted molar refractivity (Wildman–Crippen MR) is 128 cm³/mol. The van der Waals surface area contributed by atoms with Crippen molar-refractivity contribution in [3.05, 3.63) is 47.1 Å². The molecule has 0 fully saturated rings. The molecule has 2 aliphatic rings. The molecule has 0 N–H and O–H groups in total. The number of carbonyl (C=O) groups excluding carboxylic acids is 1. The molecule has 0 bridgehead atoms. The molecule has 30 heavy (non-hydrogen) atoms. The molecule has 0 saturated heterocycles.